The summed E-state index contributed by atoms with van der Waals surface area (Å²) in [7, 11) is 1.59. The maximum atomic E-state index is 9.20. The molecule has 6 nitrogen and oxygen atoms in total. The fraction of sp³-hybridized carbons (Fsp3) is 0.0833. The van der Waals surface area contributed by atoms with E-state index in [0.29, 0.717) is 11.4 Å². The number of hydrogen-bond acceptors (Lipinski definition) is 6. The van der Waals surface area contributed by atoms with Crippen molar-refractivity contribution in [2.24, 2.45) is 0 Å². The Bertz CT molecular complexity index is 1120. The van der Waals surface area contributed by atoms with E-state index in [1.807, 2.05) is 73.1 Å². The molecule has 1 atom stereocenters. The summed E-state index contributed by atoms with van der Waals surface area (Å²) in [6.45, 7) is 0. The van der Waals surface area contributed by atoms with Gasteiger partial charge in [0.2, 0.25) is 5.88 Å². The first-order valence-electron chi connectivity index (χ1n) is 9.39. The fourth-order valence-corrected chi connectivity index (χ4v) is 3.35. The molecule has 4 rings (SSSR count). The van der Waals surface area contributed by atoms with Crippen LogP contribution in [0.25, 0.3) is 0 Å². The van der Waals surface area contributed by atoms with Crippen LogP contribution in [0.1, 0.15) is 22.7 Å². The van der Waals surface area contributed by atoms with Gasteiger partial charge in [-0.2, -0.15) is 5.26 Å². The predicted octanol–water partition coefficient (Wildman–Crippen LogP) is 4.68. The molecule has 0 spiro atoms. The van der Waals surface area contributed by atoms with Crippen LogP contribution >= 0.6 is 0 Å². The second-order valence-corrected chi connectivity index (χ2v) is 6.56. The Kier molecular flexibility index (Phi) is 5.63. The number of pyridine rings is 3. The molecule has 0 aliphatic rings. The normalized spacial score (nSPS) is 11.3. The van der Waals surface area contributed by atoms with Crippen LogP contribution in [0.15, 0.2) is 91.6 Å². The van der Waals surface area contributed by atoms with Gasteiger partial charge in [0.05, 0.1) is 48.6 Å². The second-order valence-electron chi connectivity index (χ2n) is 6.56. The van der Waals surface area contributed by atoms with Crippen LogP contribution in [-0.4, -0.2) is 22.1 Å². The van der Waals surface area contributed by atoms with Crippen molar-refractivity contribution >= 4 is 11.4 Å². The molecule has 0 aliphatic carbocycles. The van der Waals surface area contributed by atoms with Crippen LogP contribution in [0.5, 0.6) is 5.88 Å². The number of anilines is 2. The lowest BCUT2D eigenvalue weighted by Gasteiger charge is -2.34. The standard InChI is InChI=1S/C24H19N5O/c1-30-23-11-10-22(17-28-23)29(21-5-3-13-27-16-21)24(20-4-2-12-26-15-20)19-8-6-18(14-25)7-9-19/h2-13,15-17,24H,1H3. The minimum atomic E-state index is -0.203. The summed E-state index contributed by atoms with van der Waals surface area (Å²) < 4.78 is 5.23. The molecule has 4 aromatic rings. The molecule has 6 heteroatoms. The van der Waals surface area contributed by atoms with Gasteiger partial charge < -0.3 is 9.64 Å². The van der Waals surface area contributed by atoms with E-state index in [0.717, 1.165) is 22.5 Å². The smallest absolute Gasteiger partial charge is 0.213 e. The molecule has 0 fully saturated rings. The van der Waals surface area contributed by atoms with E-state index >= 15 is 0 Å². The quantitative estimate of drug-likeness (QED) is 0.473. The molecule has 0 amide bonds. The van der Waals surface area contributed by atoms with Crippen LogP contribution in [-0.2, 0) is 0 Å². The molecule has 1 unspecified atom stereocenters. The van der Waals surface area contributed by atoms with Crippen molar-refractivity contribution in [2.45, 2.75) is 6.04 Å². The predicted molar refractivity (Wildman–Crippen MR) is 114 cm³/mol. The molecule has 0 saturated carbocycles. The average Bonchev–Trinajstić information content (AvgIpc) is 2.84. The van der Waals surface area contributed by atoms with E-state index < -0.39 is 0 Å². The van der Waals surface area contributed by atoms with Crippen LogP contribution in [0.3, 0.4) is 0 Å². The first kappa shape index (κ1) is 19.1. The fourth-order valence-electron chi connectivity index (χ4n) is 3.35. The van der Waals surface area contributed by atoms with Crippen LogP contribution < -0.4 is 9.64 Å². The van der Waals surface area contributed by atoms with Gasteiger partial charge in [0.25, 0.3) is 0 Å². The van der Waals surface area contributed by atoms with E-state index in [-0.39, 0.29) is 6.04 Å². The number of nitriles is 1. The number of ether oxygens (including phenoxy) is 1. The Morgan fingerprint density at radius 3 is 2.13 bits per heavy atom. The SMILES string of the molecule is COc1ccc(N(c2cccnc2)C(c2ccc(C#N)cc2)c2cccnc2)cn1. The largest absolute Gasteiger partial charge is 0.481 e. The van der Waals surface area contributed by atoms with E-state index in [2.05, 4.69) is 25.9 Å². The van der Waals surface area contributed by atoms with Gasteiger partial charge >= 0.3 is 0 Å². The molecule has 0 radical (unpaired) electrons. The minimum Gasteiger partial charge on any atom is -0.481 e. The zero-order valence-corrected chi connectivity index (χ0v) is 16.4. The lowest BCUT2D eigenvalue weighted by molar-refractivity contribution is 0.398. The van der Waals surface area contributed by atoms with Crippen molar-refractivity contribution in [3.05, 3.63) is 108 Å². The van der Waals surface area contributed by atoms with Gasteiger partial charge in [-0.3, -0.25) is 9.97 Å². The topological polar surface area (TPSA) is 74.9 Å². The third-order valence-electron chi connectivity index (χ3n) is 4.75. The highest BCUT2D eigenvalue weighted by Gasteiger charge is 2.25. The van der Waals surface area contributed by atoms with Crippen molar-refractivity contribution in [1.29, 1.82) is 5.26 Å². The third kappa shape index (κ3) is 3.96. The van der Waals surface area contributed by atoms with E-state index in [9.17, 15) is 5.26 Å². The number of nitrogens with zero attached hydrogens (tertiary/aromatic N) is 5. The summed E-state index contributed by atoms with van der Waals surface area (Å²) in [6, 6.07) is 21.2. The summed E-state index contributed by atoms with van der Waals surface area (Å²) in [5, 5.41) is 9.20. The van der Waals surface area contributed by atoms with Gasteiger partial charge in [-0.15, -0.1) is 0 Å². The van der Waals surface area contributed by atoms with Gasteiger partial charge in [-0.25, -0.2) is 4.98 Å². The van der Waals surface area contributed by atoms with Crippen molar-refractivity contribution in [1.82, 2.24) is 15.0 Å². The monoisotopic (exact) mass is 393 g/mol. The molecule has 0 aliphatic heterocycles. The molecular weight excluding hydrogens is 374 g/mol. The van der Waals surface area contributed by atoms with Crippen molar-refractivity contribution < 1.29 is 4.74 Å². The Hall–Kier alpha value is -4.24. The molecule has 30 heavy (non-hydrogen) atoms. The van der Waals surface area contributed by atoms with Crippen LogP contribution in [0.4, 0.5) is 11.4 Å². The highest BCUT2D eigenvalue weighted by molar-refractivity contribution is 5.66. The minimum absolute atomic E-state index is 0.203. The zero-order valence-electron chi connectivity index (χ0n) is 16.4. The van der Waals surface area contributed by atoms with E-state index in [1.54, 1.807) is 25.7 Å². The second kappa shape index (κ2) is 8.84. The summed E-state index contributed by atoms with van der Waals surface area (Å²) in [6.07, 6.45) is 8.94. The van der Waals surface area contributed by atoms with Crippen molar-refractivity contribution in [2.75, 3.05) is 12.0 Å². The van der Waals surface area contributed by atoms with Gasteiger partial charge in [0, 0.05) is 24.7 Å². The lowest BCUT2D eigenvalue weighted by atomic mass is 9.96. The number of methoxy groups -OCH3 is 1. The number of aromatic nitrogens is 3. The maximum Gasteiger partial charge on any atom is 0.213 e. The molecule has 0 saturated heterocycles. The number of benzene rings is 1. The summed E-state index contributed by atoms with van der Waals surface area (Å²) in [5.74, 6) is 0.543. The number of hydrogen-bond donors (Lipinski definition) is 0. The Morgan fingerprint density at radius 1 is 0.833 bits per heavy atom. The Balaban J connectivity index is 1.91. The molecule has 0 bridgehead atoms. The van der Waals surface area contributed by atoms with Crippen molar-refractivity contribution in [3.8, 4) is 11.9 Å². The molecule has 0 N–H and O–H groups in total. The highest BCUT2D eigenvalue weighted by Crippen LogP contribution is 2.38. The molecule has 1 aromatic carbocycles. The van der Waals surface area contributed by atoms with Crippen LogP contribution in [0, 0.1) is 11.3 Å². The highest BCUT2D eigenvalue weighted by atomic mass is 16.5. The molecule has 146 valence electrons. The van der Waals surface area contributed by atoms with Crippen molar-refractivity contribution in [3.63, 3.8) is 0 Å². The summed E-state index contributed by atoms with van der Waals surface area (Å²) in [4.78, 5) is 15.2. The Morgan fingerprint density at radius 2 is 1.57 bits per heavy atom. The van der Waals surface area contributed by atoms with Crippen LogP contribution in [0.2, 0.25) is 0 Å². The zero-order chi connectivity index (χ0) is 20.8. The summed E-state index contributed by atoms with van der Waals surface area (Å²) in [5.41, 5.74) is 4.41. The number of rotatable bonds is 6. The third-order valence-corrected chi connectivity index (χ3v) is 4.75. The average molecular weight is 393 g/mol. The first-order chi connectivity index (χ1) is 14.8. The van der Waals surface area contributed by atoms with Gasteiger partial charge in [0.1, 0.15) is 0 Å². The summed E-state index contributed by atoms with van der Waals surface area (Å²) >= 11 is 0. The first-order valence-corrected chi connectivity index (χ1v) is 9.39. The van der Waals surface area contributed by atoms with E-state index in [1.165, 1.54) is 0 Å². The van der Waals surface area contributed by atoms with Gasteiger partial charge in [-0.05, 0) is 47.5 Å². The lowest BCUT2D eigenvalue weighted by Crippen LogP contribution is -2.25. The van der Waals surface area contributed by atoms with Gasteiger partial charge in [-0.1, -0.05) is 18.2 Å². The van der Waals surface area contributed by atoms with E-state index in [4.69, 9.17) is 4.74 Å². The molecule has 3 aromatic heterocycles. The molecule has 3 heterocycles. The Labute approximate surface area is 175 Å². The van der Waals surface area contributed by atoms with Gasteiger partial charge in [0.15, 0.2) is 0 Å². The maximum absolute atomic E-state index is 9.20. The molecular formula is C24H19N5O.